The molecule has 0 saturated heterocycles. The zero-order valence-electron chi connectivity index (χ0n) is 14.4. The third-order valence-electron chi connectivity index (χ3n) is 4.02. The molecule has 136 valence electrons. The second-order valence-corrected chi connectivity index (χ2v) is 7.70. The number of aromatic nitrogens is 1. The van der Waals surface area contributed by atoms with Crippen LogP contribution in [0, 0.1) is 17.1 Å². The standard InChI is InChI=1S/C22H12BrFN2OS/c23-17-6-4-14(5-7-17)20-13-28-22(26-20)16(12-25)11-19-8-9-21(27-19)15-2-1-3-18(24)10-15/h1-11,13H/b16-11+. The largest absolute Gasteiger partial charge is 0.457 e. The SMILES string of the molecule is N#C/C(=C\c1ccc(-c2cccc(F)c2)o1)c1nc(-c2ccc(Br)cc2)cs1. The van der Waals surface area contributed by atoms with Gasteiger partial charge in [-0.05, 0) is 36.4 Å². The predicted octanol–water partition coefficient (Wildman–Crippen LogP) is 7.04. The summed E-state index contributed by atoms with van der Waals surface area (Å²) in [6.07, 6.45) is 1.65. The van der Waals surface area contributed by atoms with Crippen LogP contribution in [0.3, 0.4) is 0 Å². The van der Waals surface area contributed by atoms with E-state index >= 15 is 0 Å². The molecular formula is C22H12BrFN2OS. The van der Waals surface area contributed by atoms with E-state index in [4.69, 9.17) is 4.42 Å². The van der Waals surface area contributed by atoms with Crippen LogP contribution in [0.5, 0.6) is 0 Å². The maximum Gasteiger partial charge on any atom is 0.134 e. The number of hydrogen-bond donors (Lipinski definition) is 0. The van der Waals surface area contributed by atoms with Crippen molar-refractivity contribution < 1.29 is 8.81 Å². The molecule has 0 spiro atoms. The zero-order valence-corrected chi connectivity index (χ0v) is 16.8. The molecule has 0 bridgehead atoms. The van der Waals surface area contributed by atoms with E-state index in [0.29, 0.717) is 27.7 Å². The van der Waals surface area contributed by atoms with E-state index in [1.54, 1.807) is 30.3 Å². The quantitative estimate of drug-likeness (QED) is 0.313. The van der Waals surface area contributed by atoms with E-state index in [2.05, 4.69) is 27.0 Å². The van der Waals surface area contributed by atoms with Crippen LogP contribution < -0.4 is 0 Å². The summed E-state index contributed by atoms with van der Waals surface area (Å²) in [6, 6.07) is 19.7. The number of halogens is 2. The topological polar surface area (TPSA) is 49.8 Å². The van der Waals surface area contributed by atoms with Crippen molar-refractivity contribution in [3.63, 3.8) is 0 Å². The van der Waals surface area contributed by atoms with Crippen LogP contribution in [0.15, 0.2) is 74.9 Å². The van der Waals surface area contributed by atoms with E-state index in [0.717, 1.165) is 15.7 Å². The van der Waals surface area contributed by atoms with Crippen LogP contribution in [0.4, 0.5) is 4.39 Å². The minimum Gasteiger partial charge on any atom is -0.457 e. The Morgan fingerprint density at radius 3 is 2.68 bits per heavy atom. The van der Waals surface area contributed by atoms with Gasteiger partial charge >= 0.3 is 0 Å². The lowest BCUT2D eigenvalue weighted by Crippen LogP contribution is -1.82. The normalized spacial score (nSPS) is 11.4. The first-order valence-electron chi connectivity index (χ1n) is 8.32. The van der Waals surface area contributed by atoms with Gasteiger partial charge in [0.25, 0.3) is 0 Å². The lowest BCUT2D eigenvalue weighted by molar-refractivity contribution is 0.570. The minimum absolute atomic E-state index is 0.327. The second-order valence-electron chi connectivity index (χ2n) is 5.93. The minimum atomic E-state index is -0.327. The number of nitriles is 1. The van der Waals surface area contributed by atoms with Crippen LogP contribution in [-0.2, 0) is 0 Å². The summed E-state index contributed by atoms with van der Waals surface area (Å²) in [5, 5.41) is 12.1. The predicted molar refractivity (Wildman–Crippen MR) is 113 cm³/mol. The Bertz CT molecular complexity index is 1200. The van der Waals surface area contributed by atoms with Crippen molar-refractivity contribution in [2.45, 2.75) is 0 Å². The van der Waals surface area contributed by atoms with Crippen molar-refractivity contribution in [1.82, 2.24) is 4.98 Å². The molecule has 0 aliphatic heterocycles. The highest BCUT2D eigenvalue weighted by Crippen LogP contribution is 2.29. The molecule has 2 aromatic heterocycles. The first kappa shape index (κ1) is 18.4. The molecule has 0 aliphatic carbocycles. The molecule has 28 heavy (non-hydrogen) atoms. The molecule has 0 fully saturated rings. The molecule has 6 heteroatoms. The maximum atomic E-state index is 13.4. The lowest BCUT2D eigenvalue weighted by Gasteiger charge is -1.97. The fraction of sp³-hybridized carbons (Fsp3) is 0. The monoisotopic (exact) mass is 450 g/mol. The number of benzene rings is 2. The van der Waals surface area contributed by atoms with Gasteiger partial charge in [0.05, 0.1) is 11.3 Å². The fourth-order valence-electron chi connectivity index (χ4n) is 2.66. The van der Waals surface area contributed by atoms with Gasteiger partial charge in [0.15, 0.2) is 0 Å². The molecule has 0 unspecified atom stereocenters. The van der Waals surface area contributed by atoms with Crippen molar-refractivity contribution in [2.75, 3.05) is 0 Å². The molecule has 0 radical (unpaired) electrons. The van der Waals surface area contributed by atoms with Gasteiger partial charge in [-0.15, -0.1) is 11.3 Å². The van der Waals surface area contributed by atoms with E-state index in [9.17, 15) is 9.65 Å². The highest BCUT2D eigenvalue weighted by molar-refractivity contribution is 9.10. The van der Waals surface area contributed by atoms with E-state index in [1.165, 1.54) is 23.5 Å². The van der Waals surface area contributed by atoms with E-state index in [1.807, 2.05) is 29.6 Å². The number of rotatable bonds is 4. The smallest absolute Gasteiger partial charge is 0.134 e. The summed E-state index contributed by atoms with van der Waals surface area (Å²) in [5.74, 6) is 0.723. The Morgan fingerprint density at radius 2 is 1.93 bits per heavy atom. The molecule has 0 saturated carbocycles. The molecule has 3 nitrogen and oxygen atoms in total. The van der Waals surface area contributed by atoms with E-state index in [-0.39, 0.29) is 5.82 Å². The Labute approximate surface area is 173 Å². The summed E-state index contributed by atoms with van der Waals surface area (Å²) in [6.45, 7) is 0. The van der Waals surface area contributed by atoms with Crippen molar-refractivity contribution >= 4 is 38.9 Å². The lowest BCUT2D eigenvalue weighted by atomic mass is 10.2. The summed E-state index contributed by atoms with van der Waals surface area (Å²) < 4.78 is 20.2. The molecule has 4 aromatic rings. The van der Waals surface area contributed by atoms with Crippen molar-refractivity contribution in [2.24, 2.45) is 0 Å². The van der Waals surface area contributed by atoms with Crippen LogP contribution >= 0.6 is 27.3 Å². The van der Waals surface area contributed by atoms with Gasteiger partial charge in [-0.2, -0.15) is 5.26 Å². The molecule has 0 aliphatic rings. The highest BCUT2D eigenvalue weighted by atomic mass is 79.9. The van der Waals surface area contributed by atoms with Gasteiger partial charge in [0, 0.05) is 27.1 Å². The van der Waals surface area contributed by atoms with Gasteiger partial charge in [0.2, 0.25) is 0 Å². The molecule has 2 aromatic carbocycles. The third-order valence-corrected chi connectivity index (χ3v) is 5.42. The van der Waals surface area contributed by atoms with Gasteiger partial charge in [-0.1, -0.05) is 40.2 Å². The first-order valence-corrected chi connectivity index (χ1v) is 9.99. The Hall–Kier alpha value is -3.01. The number of nitrogens with zero attached hydrogens (tertiary/aromatic N) is 2. The van der Waals surface area contributed by atoms with Crippen LogP contribution in [0.2, 0.25) is 0 Å². The van der Waals surface area contributed by atoms with Gasteiger partial charge < -0.3 is 4.42 Å². The van der Waals surface area contributed by atoms with Crippen LogP contribution in [-0.4, -0.2) is 4.98 Å². The van der Waals surface area contributed by atoms with Gasteiger partial charge in [0.1, 0.15) is 28.4 Å². The fourth-order valence-corrected chi connectivity index (χ4v) is 3.72. The van der Waals surface area contributed by atoms with Crippen molar-refractivity contribution in [3.05, 3.63) is 87.1 Å². The van der Waals surface area contributed by atoms with Crippen molar-refractivity contribution in [1.29, 1.82) is 5.26 Å². The van der Waals surface area contributed by atoms with Gasteiger partial charge in [-0.3, -0.25) is 0 Å². The van der Waals surface area contributed by atoms with E-state index < -0.39 is 0 Å². The average Bonchev–Trinajstić information content (AvgIpc) is 3.37. The summed E-state index contributed by atoms with van der Waals surface area (Å²) in [7, 11) is 0. The van der Waals surface area contributed by atoms with Gasteiger partial charge in [-0.25, -0.2) is 9.37 Å². The molecule has 0 N–H and O–H groups in total. The van der Waals surface area contributed by atoms with Crippen LogP contribution in [0.1, 0.15) is 10.8 Å². The first-order chi connectivity index (χ1) is 13.6. The molecule has 2 heterocycles. The molecule has 0 amide bonds. The Balaban J connectivity index is 1.62. The number of thiazole rings is 1. The number of hydrogen-bond acceptors (Lipinski definition) is 4. The van der Waals surface area contributed by atoms with Crippen LogP contribution in [0.25, 0.3) is 34.2 Å². The Kier molecular flexibility index (Phi) is 5.20. The molecular weight excluding hydrogens is 439 g/mol. The van der Waals surface area contributed by atoms with Crippen molar-refractivity contribution in [3.8, 4) is 28.7 Å². The second kappa shape index (κ2) is 7.93. The maximum absolute atomic E-state index is 13.4. The summed E-state index contributed by atoms with van der Waals surface area (Å²) in [5.41, 5.74) is 2.85. The molecule has 0 atom stereocenters. The Morgan fingerprint density at radius 1 is 1.11 bits per heavy atom. The zero-order chi connectivity index (χ0) is 19.5. The summed E-state index contributed by atoms with van der Waals surface area (Å²) in [4.78, 5) is 4.58. The highest BCUT2D eigenvalue weighted by Gasteiger charge is 2.11. The number of allylic oxidation sites excluding steroid dienone is 1. The average molecular weight is 451 g/mol. The number of furan rings is 1. The molecule has 4 rings (SSSR count). The third kappa shape index (κ3) is 3.96. The summed E-state index contributed by atoms with van der Waals surface area (Å²) >= 11 is 4.82.